The summed E-state index contributed by atoms with van der Waals surface area (Å²) in [6.07, 6.45) is 0. The second-order valence-electron chi connectivity index (χ2n) is 1.53. The van der Waals surface area contributed by atoms with Crippen molar-refractivity contribution >= 4 is 21.7 Å². The van der Waals surface area contributed by atoms with E-state index in [0.29, 0.717) is 0 Å². The van der Waals surface area contributed by atoms with E-state index in [1.165, 1.54) is 12.1 Å². The molecule has 0 atom stereocenters. The Morgan fingerprint density at radius 2 is 2.22 bits per heavy atom. The van der Waals surface area contributed by atoms with Gasteiger partial charge in [-0.2, -0.15) is 0 Å². The predicted octanol–water partition coefficient (Wildman–Crippen LogP) is 3.07. The smallest absolute Gasteiger partial charge is 0.124 e. The molecule has 0 bridgehead atoms. The Hall–Kier alpha value is -0.210. The molecule has 0 amide bonds. The zero-order chi connectivity index (χ0) is 6.69. The van der Waals surface area contributed by atoms with Crippen molar-refractivity contribution in [1.29, 1.82) is 0 Å². The second-order valence-corrected chi connectivity index (χ2v) is 2.62. The molecule has 3 heteroatoms. The summed E-state index contributed by atoms with van der Waals surface area (Å²) < 4.78 is 12.3. The average Bonchev–Trinajstić information content (AvgIpc) is 1.88. The van der Waals surface area contributed by atoms with Gasteiger partial charge in [-0.3, -0.25) is 0 Å². The molecule has 9 heavy (non-hydrogen) atoms. The van der Waals surface area contributed by atoms with Gasteiger partial charge < -0.3 is 0 Å². The van der Waals surface area contributed by atoms with Crippen LogP contribution in [0.15, 0.2) is 29.2 Å². The van der Waals surface area contributed by atoms with Gasteiger partial charge >= 0.3 is 0 Å². The minimum atomic E-state index is -0.249. The van der Waals surface area contributed by atoms with Gasteiger partial charge in [0.2, 0.25) is 0 Å². The van der Waals surface area contributed by atoms with E-state index in [9.17, 15) is 4.39 Å². The summed E-state index contributed by atoms with van der Waals surface area (Å²) in [5.74, 6) is -0.249. The zero-order valence-corrected chi connectivity index (χ0v) is 6.05. The van der Waals surface area contributed by atoms with E-state index in [1.807, 2.05) is 0 Å². The number of halogens is 2. The summed E-state index contributed by atoms with van der Waals surface area (Å²) in [5.41, 5.74) is 0. The van der Waals surface area contributed by atoms with Crippen LogP contribution in [0.3, 0.4) is 0 Å². The maximum absolute atomic E-state index is 12.3. The van der Waals surface area contributed by atoms with Gasteiger partial charge in [-0.25, -0.2) is 4.39 Å². The summed E-state index contributed by atoms with van der Waals surface area (Å²) in [4.78, 5) is 0.733. The molecule has 0 aliphatic rings. The van der Waals surface area contributed by atoms with Gasteiger partial charge in [0, 0.05) is 4.90 Å². The minimum absolute atomic E-state index is 0.249. The van der Waals surface area contributed by atoms with Gasteiger partial charge in [-0.05, 0) is 39.9 Å². The Morgan fingerprint density at radius 3 is 2.67 bits per heavy atom. The van der Waals surface area contributed by atoms with Crippen LogP contribution in [0, 0.1) is 5.82 Å². The molecule has 1 aromatic rings. The van der Waals surface area contributed by atoms with E-state index < -0.39 is 0 Å². The van der Waals surface area contributed by atoms with Crippen molar-refractivity contribution in [3.63, 3.8) is 0 Å². The molecule has 0 saturated heterocycles. The van der Waals surface area contributed by atoms with Crippen LogP contribution in [-0.2, 0) is 0 Å². The fraction of sp³-hybridized carbons (Fsp3) is 0. The third-order valence-electron chi connectivity index (χ3n) is 0.885. The van der Waals surface area contributed by atoms with Crippen LogP contribution < -0.4 is 0 Å². The third kappa shape index (κ3) is 1.88. The van der Waals surface area contributed by atoms with E-state index in [-0.39, 0.29) is 5.82 Å². The van der Waals surface area contributed by atoms with Crippen molar-refractivity contribution < 1.29 is 4.39 Å². The van der Waals surface area contributed by atoms with Crippen LogP contribution in [0.25, 0.3) is 0 Å². The van der Waals surface area contributed by atoms with Gasteiger partial charge in [-0.15, -0.1) is 0 Å². The SMILES string of the molecule is Fc1cccc(SCl)c1. The number of hydrogen-bond donors (Lipinski definition) is 0. The number of benzene rings is 1. The summed E-state index contributed by atoms with van der Waals surface area (Å²) in [5, 5.41) is 0. The largest absolute Gasteiger partial charge is 0.207 e. The maximum Gasteiger partial charge on any atom is 0.124 e. The number of hydrogen-bond acceptors (Lipinski definition) is 1. The summed E-state index contributed by atoms with van der Waals surface area (Å²) >= 11 is 0. The maximum atomic E-state index is 12.3. The first-order valence-electron chi connectivity index (χ1n) is 2.37. The molecule has 0 aliphatic heterocycles. The molecule has 0 radical (unpaired) electrons. The van der Waals surface area contributed by atoms with E-state index in [4.69, 9.17) is 10.7 Å². The Kier molecular flexibility index (Phi) is 2.37. The van der Waals surface area contributed by atoms with E-state index in [2.05, 4.69) is 0 Å². The molecule has 0 nitrogen and oxygen atoms in total. The van der Waals surface area contributed by atoms with Crippen molar-refractivity contribution in [3.05, 3.63) is 30.1 Å². The van der Waals surface area contributed by atoms with Crippen LogP contribution in [0.1, 0.15) is 0 Å². The molecule has 0 N–H and O–H groups in total. The lowest BCUT2D eigenvalue weighted by Crippen LogP contribution is -1.70. The standard InChI is InChI=1S/C6H4ClFS/c7-9-6-3-1-2-5(8)4-6/h1-4H. The topological polar surface area (TPSA) is 0 Å². The Labute approximate surface area is 61.5 Å². The fourth-order valence-electron chi connectivity index (χ4n) is 0.515. The van der Waals surface area contributed by atoms with Gasteiger partial charge in [0.15, 0.2) is 0 Å². The lowest BCUT2D eigenvalue weighted by molar-refractivity contribution is 0.624. The molecule has 0 unspecified atom stereocenters. The van der Waals surface area contributed by atoms with E-state index >= 15 is 0 Å². The highest BCUT2D eigenvalue weighted by Gasteiger charge is 1.91. The van der Waals surface area contributed by atoms with E-state index in [1.54, 1.807) is 12.1 Å². The van der Waals surface area contributed by atoms with Crippen molar-refractivity contribution in [2.45, 2.75) is 4.90 Å². The van der Waals surface area contributed by atoms with Crippen LogP contribution >= 0.6 is 21.7 Å². The molecular formula is C6H4ClFS. The third-order valence-corrected chi connectivity index (χ3v) is 1.85. The van der Waals surface area contributed by atoms with Gasteiger partial charge in [0.1, 0.15) is 5.82 Å². The first-order chi connectivity index (χ1) is 4.33. The van der Waals surface area contributed by atoms with Crippen LogP contribution in [0.2, 0.25) is 0 Å². The molecule has 0 spiro atoms. The first-order valence-corrected chi connectivity index (χ1v) is 4.01. The molecule has 1 rings (SSSR count). The lowest BCUT2D eigenvalue weighted by atomic mass is 10.4. The van der Waals surface area contributed by atoms with Crippen LogP contribution in [0.5, 0.6) is 0 Å². The normalized spacial score (nSPS) is 9.56. The Balaban J connectivity index is 2.94. The quantitative estimate of drug-likeness (QED) is 0.612. The Bertz CT molecular complexity index is 202. The van der Waals surface area contributed by atoms with Crippen molar-refractivity contribution in [2.75, 3.05) is 0 Å². The molecule has 0 saturated carbocycles. The molecule has 0 heterocycles. The van der Waals surface area contributed by atoms with Gasteiger partial charge in [0.25, 0.3) is 0 Å². The molecule has 48 valence electrons. The monoisotopic (exact) mass is 162 g/mol. The fourth-order valence-corrected chi connectivity index (χ4v) is 1.09. The highest BCUT2D eigenvalue weighted by atomic mass is 35.7. The van der Waals surface area contributed by atoms with E-state index in [0.717, 1.165) is 15.9 Å². The highest BCUT2D eigenvalue weighted by molar-refractivity contribution is 8.21. The minimum Gasteiger partial charge on any atom is -0.207 e. The predicted molar refractivity (Wildman–Crippen MR) is 38.1 cm³/mol. The summed E-state index contributed by atoms with van der Waals surface area (Å²) in [7, 11) is 6.36. The average molecular weight is 163 g/mol. The molecule has 0 aromatic heterocycles. The molecule has 0 fully saturated rings. The van der Waals surface area contributed by atoms with Gasteiger partial charge in [0.05, 0.1) is 0 Å². The van der Waals surface area contributed by atoms with Gasteiger partial charge in [-0.1, -0.05) is 6.07 Å². The zero-order valence-electron chi connectivity index (χ0n) is 4.47. The lowest BCUT2D eigenvalue weighted by Gasteiger charge is -1.90. The molecule has 0 aliphatic carbocycles. The highest BCUT2D eigenvalue weighted by Crippen LogP contribution is 2.21. The first kappa shape index (κ1) is 6.90. The molecular weight excluding hydrogens is 159 g/mol. The van der Waals surface area contributed by atoms with Crippen molar-refractivity contribution in [2.24, 2.45) is 0 Å². The molecule has 1 aromatic carbocycles. The van der Waals surface area contributed by atoms with Crippen molar-refractivity contribution in [3.8, 4) is 0 Å². The van der Waals surface area contributed by atoms with Crippen LogP contribution in [0.4, 0.5) is 4.39 Å². The number of rotatable bonds is 1. The second kappa shape index (κ2) is 3.08. The van der Waals surface area contributed by atoms with Crippen molar-refractivity contribution in [1.82, 2.24) is 0 Å². The summed E-state index contributed by atoms with van der Waals surface area (Å²) in [6.45, 7) is 0. The van der Waals surface area contributed by atoms with Crippen LogP contribution in [-0.4, -0.2) is 0 Å². The summed E-state index contributed by atoms with van der Waals surface area (Å²) in [6, 6.07) is 6.15. The Morgan fingerprint density at radius 1 is 1.44 bits per heavy atom.